The predicted molar refractivity (Wildman–Crippen MR) is 52.1 cm³/mol. The molecule has 0 saturated carbocycles. The van der Waals surface area contributed by atoms with Crippen LogP contribution in [0.2, 0.25) is 0 Å². The lowest BCUT2D eigenvalue weighted by molar-refractivity contribution is -0.171. The van der Waals surface area contributed by atoms with Gasteiger partial charge in [-0.2, -0.15) is 0 Å². The first-order valence-corrected chi connectivity index (χ1v) is 4.51. The van der Waals surface area contributed by atoms with Crippen molar-refractivity contribution in [3.05, 3.63) is 0 Å². The normalized spacial score (nSPS) is 13.1. The van der Waals surface area contributed by atoms with E-state index in [2.05, 4.69) is 19.2 Å². The molecule has 4 heteroatoms. The van der Waals surface area contributed by atoms with Gasteiger partial charge in [-0.05, 0) is 19.4 Å². The average molecular weight is 188 g/mol. The monoisotopic (exact) mass is 188 g/mol. The molecule has 0 fully saturated rings. The molecule has 0 saturated heterocycles. The van der Waals surface area contributed by atoms with Crippen molar-refractivity contribution in [2.75, 3.05) is 21.2 Å². The van der Waals surface area contributed by atoms with Crippen molar-refractivity contribution in [1.82, 2.24) is 10.4 Å². The fraction of sp³-hybridized carbons (Fsp3) is 0.889. The van der Waals surface area contributed by atoms with E-state index in [1.807, 2.05) is 0 Å². The quantitative estimate of drug-likeness (QED) is 0.644. The second-order valence-corrected chi connectivity index (χ2v) is 3.49. The van der Waals surface area contributed by atoms with Crippen LogP contribution in [0.4, 0.5) is 0 Å². The zero-order valence-corrected chi connectivity index (χ0v) is 9.13. The highest BCUT2D eigenvalue weighted by atomic mass is 16.7. The number of amides is 1. The fourth-order valence-electron chi connectivity index (χ4n) is 1.12. The Balaban J connectivity index is 4.14. The molecule has 0 aliphatic carbocycles. The molecule has 1 unspecified atom stereocenters. The summed E-state index contributed by atoms with van der Waals surface area (Å²) >= 11 is 0. The molecule has 0 aromatic carbocycles. The summed E-state index contributed by atoms with van der Waals surface area (Å²) in [5.74, 6) is 0.463. The van der Waals surface area contributed by atoms with E-state index >= 15 is 0 Å². The van der Waals surface area contributed by atoms with Crippen molar-refractivity contribution in [1.29, 1.82) is 0 Å². The molecule has 0 bridgehead atoms. The van der Waals surface area contributed by atoms with Crippen LogP contribution < -0.4 is 5.32 Å². The molecule has 1 N–H and O–H groups in total. The summed E-state index contributed by atoms with van der Waals surface area (Å²) in [6.45, 7) is 4.18. The third-order valence-corrected chi connectivity index (χ3v) is 1.94. The van der Waals surface area contributed by atoms with E-state index in [-0.39, 0.29) is 11.9 Å². The highest BCUT2D eigenvalue weighted by molar-refractivity contribution is 5.80. The third-order valence-electron chi connectivity index (χ3n) is 1.94. The Morgan fingerprint density at radius 1 is 1.54 bits per heavy atom. The molecule has 0 spiro atoms. The molecule has 0 aliphatic heterocycles. The van der Waals surface area contributed by atoms with Gasteiger partial charge in [0.2, 0.25) is 0 Å². The van der Waals surface area contributed by atoms with Gasteiger partial charge in [0.25, 0.3) is 5.91 Å². The van der Waals surface area contributed by atoms with E-state index in [1.54, 1.807) is 14.1 Å². The Bertz CT molecular complexity index is 160. The van der Waals surface area contributed by atoms with E-state index in [4.69, 9.17) is 4.84 Å². The smallest absolute Gasteiger partial charge is 0.262 e. The van der Waals surface area contributed by atoms with Crippen LogP contribution in [-0.2, 0) is 9.63 Å². The molecule has 0 rings (SSSR count). The zero-order valence-electron chi connectivity index (χ0n) is 9.13. The van der Waals surface area contributed by atoms with Gasteiger partial charge in [0.15, 0.2) is 0 Å². The van der Waals surface area contributed by atoms with E-state index in [1.165, 1.54) is 12.2 Å². The van der Waals surface area contributed by atoms with E-state index in [0.717, 1.165) is 6.42 Å². The van der Waals surface area contributed by atoms with Gasteiger partial charge >= 0.3 is 0 Å². The number of nitrogens with one attached hydrogen (secondary N) is 1. The number of hydrogen-bond acceptors (Lipinski definition) is 3. The minimum atomic E-state index is -0.148. The molecule has 0 aliphatic rings. The number of hydroxylamine groups is 2. The number of carbonyl (C=O) groups is 1. The molecule has 4 nitrogen and oxygen atoms in total. The van der Waals surface area contributed by atoms with Crippen molar-refractivity contribution < 1.29 is 9.63 Å². The minimum Gasteiger partial charge on any atom is -0.309 e. The van der Waals surface area contributed by atoms with Crippen LogP contribution in [0, 0.1) is 5.92 Å². The van der Waals surface area contributed by atoms with Gasteiger partial charge < -0.3 is 5.32 Å². The second-order valence-electron chi connectivity index (χ2n) is 3.49. The fourth-order valence-corrected chi connectivity index (χ4v) is 1.12. The summed E-state index contributed by atoms with van der Waals surface area (Å²) in [5, 5.41) is 4.23. The highest BCUT2D eigenvalue weighted by Gasteiger charge is 2.21. The summed E-state index contributed by atoms with van der Waals surface area (Å²) in [6, 6.07) is -0.148. The third kappa shape index (κ3) is 4.24. The maximum atomic E-state index is 11.6. The highest BCUT2D eigenvalue weighted by Crippen LogP contribution is 2.06. The SMILES string of the molecule is CNC(CC(C)C)C(=O)N(C)OC. The molecule has 1 atom stereocenters. The largest absolute Gasteiger partial charge is 0.309 e. The van der Waals surface area contributed by atoms with Gasteiger partial charge in [0.1, 0.15) is 0 Å². The van der Waals surface area contributed by atoms with Crippen LogP contribution in [0.1, 0.15) is 20.3 Å². The Morgan fingerprint density at radius 3 is 2.38 bits per heavy atom. The number of rotatable bonds is 5. The Kier molecular flexibility index (Phi) is 5.66. The molecule has 13 heavy (non-hydrogen) atoms. The molecular formula is C9H20N2O2. The van der Waals surface area contributed by atoms with Crippen molar-refractivity contribution >= 4 is 5.91 Å². The lowest BCUT2D eigenvalue weighted by atomic mass is 10.0. The van der Waals surface area contributed by atoms with E-state index in [0.29, 0.717) is 5.92 Å². The predicted octanol–water partition coefficient (Wildman–Crippen LogP) is 0.640. The van der Waals surface area contributed by atoms with Crippen LogP contribution in [-0.4, -0.2) is 38.2 Å². The van der Waals surface area contributed by atoms with Crippen molar-refractivity contribution in [3.63, 3.8) is 0 Å². The summed E-state index contributed by atoms with van der Waals surface area (Å²) in [5.41, 5.74) is 0. The lowest BCUT2D eigenvalue weighted by Crippen LogP contribution is -2.43. The number of hydrogen-bond donors (Lipinski definition) is 1. The Labute approximate surface area is 80.2 Å². The van der Waals surface area contributed by atoms with Crippen molar-refractivity contribution in [3.8, 4) is 0 Å². The molecule has 0 aromatic heterocycles. The van der Waals surface area contributed by atoms with Crippen LogP contribution in [0.5, 0.6) is 0 Å². The number of nitrogens with zero attached hydrogens (tertiary/aromatic N) is 1. The van der Waals surface area contributed by atoms with Crippen LogP contribution in [0.25, 0.3) is 0 Å². The lowest BCUT2D eigenvalue weighted by Gasteiger charge is -2.22. The molecule has 78 valence electrons. The molecular weight excluding hydrogens is 168 g/mol. The van der Waals surface area contributed by atoms with E-state index < -0.39 is 0 Å². The maximum Gasteiger partial charge on any atom is 0.262 e. The standard InChI is InChI=1S/C9H20N2O2/c1-7(2)6-8(10-3)9(12)11(4)13-5/h7-8,10H,6H2,1-5H3. The minimum absolute atomic E-state index is 0.0290. The van der Waals surface area contributed by atoms with Gasteiger partial charge in [0, 0.05) is 7.05 Å². The topological polar surface area (TPSA) is 41.6 Å². The summed E-state index contributed by atoms with van der Waals surface area (Å²) in [6.07, 6.45) is 0.822. The molecule has 0 radical (unpaired) electrons. The van der Waals surface area contributed by atoms with Crippen LogP contribution in [0.3, 0.4) is 0 Å². The van der Waals surface area contributed by atoms with E-state index in [9.17, 15) is 4.79 Å². The van der Waals surface area contributed by atoms with Crippen molar-refractivity contribution in [2.24, 2.45) is 5.92 Å². The van der Waals surface area contributed by atoms with Gasteiger partial charge in [0.05, 0.1) is 13.2 Å². The van der Waals surface area contributed by atoms with Gasteiger partial charge in [-0.25, -0.2) is 5.06 Å². The van der Waals surface area contributed by atoms with Crippen LogP contribution >= 0.6 is 0 Å². The average Bonchev–Trinajstić information content (AvgIpc) is 2.11. The maximum absolute atomic E-state index is 11.6. The number of likely N-dealkylation sites (N-methyl/N-ethyl adjacent to an activating group) is 2. The van der Waals surface area contributed by atoms with Crippen molar-refractivity contribution in [2.45, 2.75) is 26.3 Å². The first-order valence-electron chi connectivity index (χ1n) is 4.51. The summed E-state index contributed by atoms with van der Waals surface area (Å²) < 4.78 is 0. The zero-order chi connectivity index (χ0) is 10.4. The van der Waals surface area contributed by atoms with Gasteiger partial charge in [-0.15, -0.1) is 0 Å². The summed E-state index contributed by atoms with van der Waals surface area (Å²) in [4.78, 5) is 16.4. The Hall–Kier alpha value is -0.610. The van der Waals surface area contributed by atoms with Gasteiger partial charge in [-0.1, -0.05) is 13.8 Å². The number of carbonyl (C=O) groups excluding carboxylic acids is 1. The molecule has 0 heterocycles. The van der Waals surface area contributed by atoms with Gasteiger partial charge in [-0.3, -0.25) is 9.63 Å². The Morgan fingerprint density at radius 2 is 2.08 bits per heavy atom. The molecule has 1 amide bonds. The first-order chi connectivity index (χ1) is 6.02. The molecule has 0 aromatic rings. The summed E-state index contributed by atoms with van der Waals surface area (Å²) in [7, 11) is 4.89. The van der Waals surface area contributed by atoms with Crippen LogP contribution in [0.15, 0.2) is 0 Å². The second kappa shape index (κ2) is 5.94. The first kappa shape index (κ1) is 12.4.